The average Bonchev–Trinajstić information content (AvgIpc) is 3.72. The van der Waals surface area contributed by atoms with Gasteiger partial charge in [0.2, 0.25) is 0 Å². The second-order valence-electron chi connectivity index (χ2n) is 12.6. The largest absolute Gasteiger partial charge is 0.328 e. The van der Waals surface area contributed by atoms with Crippen LogP contribution in [0.15, 0.2) is 93.5 Å². The van der Waals surface area contributed by atoms with E-state index in [0.29, 0.717) is 29.6 Å². The van der Waals surface area contributed by atoms with Crippen LogP contribution in [-0.4, -0.2) is 59.9 Å². The lowest BCUT2D eigenvalue weighted by Crippen LogP contribution is -2.40. The molecule has 1 fully saturated rings. The van der Waals surface area contributed by atoms with E-state index >= 15 is 0 Å². The van der Waals surface area contributed by atoms with Crippen LogP contribution in [-0.2, 0) is 5.41 Å². The van der Waals surface area contributed by atoms with E-state index in [1.165, 1.54) is 12.1 Å². The van der Waals surface area contributed by atoms with Crippen molar-refractivity contribution in [3.63, 3.8) is 0 Å². The van der Waals surface area contributed by atoms with Crippen molar-refractivity contribution in [3.05, 3.63) is 111 Å². The molecule has 2 unspecified atom stereocenters. The molecule has 6 nitrogen and oxygen atoms in total. The van der Waals surface area contributed by atoms with Gasteiger partial charge in [-0.1, -0.05) is 49.7 Å². The smallest absolute Gasteiger partial charge is 0.146 e. The second kappa shape index (κ2) is 13.6. The number of rotatable bonds is 11. The number of alkyl halides is 1. The number of aliphatic imine (C=N–C) groups is 2. The van der Waals surface area contributed by atoms with Gasteiger partial charge in [-0.15, -0.1) is 11.3 Å². The molecule has 4 atom stereocenters. The monoisotopic (exact) mass is 648 g/mol. The van der Waals surface area contributed by atoms with Gasteiger partial charge in [0.1, 0.15) is 23.9 Å². The Balaban J connectivity index is 1.28. The standard InChI is InChI=1S/C35H39ClF2N6S/c1-22(37)27-8-6-9-28(42-27)32-29-16-23(18-39-21-40-20-35(2,3)31-11-4-5-14-41-31)19-44(29)34(30-10-7-15-45-30)43-33(32)25-13-12-24(38)17-26(25)36/h4-7,9-15,17,22-23,27,33,39-40H,8,16,18-21H2,1-3H3/t22?,23-,27?,33+/m1/s1. The summed E-state index contributed by atoms with van der Waals surface area (Å²) in [6.45, 7) is 8.99. The van der Waals surface area contributed by atoms with E-state index < -0.39 is 24.1 Å². The molecule has 2 aromatic heterocycles. The first-order chi connectivity index (χ1) is 21.7. The van der Waals surface area contributed by atoms with Crippen molar-refractivity contribution >= 4 is 34.5 Å². The Morgan fingerprint density at radius 1 is 1.13 bits per heavy atom. The molecule has 5 heterocycles. The number of amidine groups is 1. The first kappa shape index (κ1) is 31.7. The zero-order chi connectivity index (χ0) is 31.6. The van der Waals surface area contributed by atoms with Crippen LogP contribution in [0.4, 0.5) is 8.78 Å². The SMILES string of the molecule is CC(F)C1CC=CC(C2=C3C[C@H](CNCNCC(C)(C)c4ccccn4)CN3C(c3cccs3)=N[C@H]2c2ccc(F)cc2Cl)=N1. The fraction of sp³-hybridized carbons (Fsp3) is 0.400. The summed E-state index contributed by atoms with van der Waals surface area (Å²) in [5.41, 5.74) is 4.44. The number of benzene rings is 1. The van der Waals surface area contributed by atoms with Gasteiger partial charge in [0.25, 0.3) is 0 Å². The topological polar surface area (TPSA) is 64.9 Å². The number of thiophene rings is 1. The van der Waals surface area contributed by atoms with E-state index in [9.17, 15) is 8.78 Å². The summed E-state index contributed by atoms with van der Waals surface area (Å²) in [6.07, 6.45) is 6.08. The number of pyridine rings is 1. The molecule has 6 rings (SSSR count). The lowest BCUT2D eigenvalue weighted by molar-refractivity contribution is 0.307. The summed E-state index contributed by atoms with van der Waals surface area (Å²) in [4.78, 5) is 18.1. The molecular formula is C35H39ClF2N6S. The number of allylic oxidation sites excluding steroid dienone is 2. The van der Waals surface area contributed by atoms with Gasteiger partial charge in [-0.25, -0.2) is 8.78 Å². The molecular weight excluding hydrogens is 610 g/mol. The Labute approximate surface area is 273 Å². The normalized spacial score (nSPS) is 22.4. The Bertz CT molecular complexity index is 1620. The minimum Gasteiger partial charge on any atom is -0.328 e. The van der Waals surface area contributed by atoms with Gasteiger partial charge in [0.15, 0.2) is 0 Å². The van der Waals surface area contributed by atoms with Crippen molar-refractivity contribution in [1.29, 1.82) is 0 Å². The minimum absolute atomic E-state index is 0.0947. The van der Waals surface area contributed by atoms with Gasteiger partial charge >= 0.3 is 0 Å². The summed E-state index contributed by atoms with van der Waals surface area (Å²) >= 11 is 8.31. The molecule has 0 spiro atoms. The van der Waals surface area contributed by atoms with Crippen LogP contribution in [0.2, 0.25) is 5.02 Å². The molecule has 236 valence electrons. The fourth-order valence-electron chi connectivity index (χ4n) is 6.31. The van der Waals surface area contributed by atoms with Crippen LogP contribution < -0.4 is 10.6 Å². The van der Waals surface area contributed by atoms with Crippen molar-refractivity contribution in [2.45, 2.75) is 57.3 Å². The Morgan fingerprint density at radius 3 is 2.73 bits per heavy atom. The summed E-state index contributed by atoms with van der Waals surface area (Å²) in [7, 11) is 0. The van der Waals surface area contributed by atoms with E-state index in [1.54, 1.807) is 24.3 Å². The van der Waals surface area contributed by atoms with Gasteiger partial charge in [-0.3, -0.25) is 15.0 Å². The highest BCUT2D eigenvalue weighted by atomic mass is 35.5. The van der Waals surface area contributed by atoms with Crippen molar-refractivity contribution < 1.29 is 8.78 Å². The number of nitrogens with one attached hydrogen (secondary N) is 2. The number of nitrogens with zero attached hydrogens (tertiary/aromatic N) is 4. The maximum Gasteiger partial charge on any atom is 0.146 e. The lowest BCUT2D eigenvalue weighted by Gasteiger charge is -2.34. The Kier molecular flexibility index (Phi) is 9.61. The number of dihydropyridines is 1. The third-order valence-corrected chi connectivity index (χ3v) is 9.90. The van der Waals surface area contributed by atoms with E-state index in [-0.39, 0.29) is 5.41 Å². The van der Waals surface area contributed by atoms with Gasteiger partial charge in [-0.05, 0) is 67.5 Å². The maximum atomic E-state index is 14.5. The highest BCUT2D eigenvalue weighted by Gasteiger charge is 2.41. The third kappa shape index (κ3) is 6.97. The van der Waals surface area contributed by atoms with Crippen molar-refractivity contribution in [2.24, 2.45) is 15.9 Å². The molecule has 1 aromatic carbocycles. The average molecular weight is 649 g/mol. The second-order valence-corrected chi connectivity index (χ2v) is 13.9. The quantitative estimate of drug-likeness (QED) is 0.170. The molecule has 0 bridgehead atoms. The van der Waals surface area contributed by atoms with E-state index in [4.69, 9.17) is 21.6 Å². The van der Waals surface area contributed by atoms with Crippen LogP contribution in [0.3, 0.4) is 0 Å². The molecule has 0 saturated carbocycles. The van der Waals surface area contributed by atoms with E-state index in [2.05, 4.69) is 46.5 Å². The fourth-order valence-corrected chi connectivity index (χ4v) is 7.31. The molecule has 0 aliphatic carbocycles. The first-order valence-corrected chi connectivity index (χ1v) is 16.8. The van der Waals surface area contributed by atoms with Crippen molar-refractivity contribution in [3.8, 4) is 0 Å². The number of halogens is 3. The molecule has 0 radical (unpaired) electrons. The number of hydrogen-bond acceptors (Lipinski definition) is 7. The number of hydrogen-bond donors (Lipinski definition) is 2. The molecule has 2 N–H and O–H groups in total. The minimum atomic E-state index is -1.08. The summed E-state index contributed by atoms with van der Waals surface area (Å²) in [5, 5.41) is 9.52. The van der Waals surface area contributed by atoms with Crippen LogP contribution in [0.5, 0.6) is 0 Å². The zero-order valence-corrected chi connectivity index (χ0v) is 27.4. The molecule has 10 heteroatoms. The molecule has 0 amide bonds. The predicted octanol–water partition coefficient (Wildman–Crippen LogP) is 7.26. The van der Waals surface area contributed by atoms with Gasteiger partial charge in [0.05, 0.1) is 16.6 Å². The Hall–Kier alpha value is -3.24. The highest BCUT2D eigenvalue weighted by Crippen LogP contribution is 2.45. The molecule has 3 aliphatic heterocycles. The third-order valence-electron chi connectivity index (χ3n) is 8.71. The number of aromatic nitrogens is 1. The lowest BCUT2D eigenvalue weighted by atomic mass is 9.88. The summed E-state index contributed by atoms with van der Waals surface area (Å²) < 4.78 is 28.7. The van der Waals surface area contributed by atoms with Gasteiger partial charge in [0, 0.05) is 65.5 Å². The van der Waals surface area contributed by atoms with E-state index in [1.807, 2.05) is 41.9 Å². The van der Waals surface area contributed by atoms with Crippen molar-refractivity contribution in [1.82, 2.24) is 20.5 Å². The molecule has 1 saturated heterocycles. The van der Waals surface area contributed by atoms with Crippen LogP contribution in [0, 0.1) is 11.7 Å². The van der Waals surface area contributed by atoms with Gasteiger partial charge in [-0.2, -0.15) is 0 Å². The predicted molar refractivity (Wildman–Crippen MR) is 181 cm³/mol. The number of fused-ring (bicyclic) bond motifs is 1. The van der Waals surface area contributed by atoms with Crippen LogP contribution in [0.1, 0.15) is 55.8 Å². The first-order valence-electron chi connectivity index (χ1n) is 15.5. The molecule has 45 heavy (non-hydrogen) atoms. The molecule has 3 aromatic rings. The zero-order valence-electron chi connectivity index (χ0n) is 25.8. The van der Waals surface area contributed by atoms with Crippen molar-refractivity contribution in [2.75, 3.05) is 26.3 Å². The summed E-state index contributed by atoms with van der Waals surface area (Å²) in [6, 6.07) is 13.6. The maximum absolute atomic E-state index is 14.5. The highest BCUT2D eigenvalue weighted by molar-refractivity contribution is 7.12. The van der Waals surface area contributed by atoms with Gasteiger partial charge < -0.3 is 15.5 Å². The Morgan fingerprint density at radius 2 is 2.00 bits per heavy atom. The van der Waals surface area contributed by atoms with E-state index in [0.717, 1.165) is 59.4 Å². The van der Waals surface area contributed by atoms with Crippen LogP contribution in [0.25, 0.3) is 0 Å². The molecule has 3 aliphatic rings. The summed E-state index contributed by atoms with van der Waals surface area (Å²) in [5.74, 6) is 0.781. The van der Waals surface area contributed by atoms with Crippen LogP contribution >= 0.6 is 22.9 Å².